The number of ether oxygens (including phenoxy) is 2. The maximum atomic E-state index is 12.5. The van der Waals surface area contributed by atoms with Crippen LogP contribution < -0.4 is 9.47 Å². The van der Waals surface area contributed by atoms with Crippen LogP contribution in [0.4, 0.5) is 0 Å². The molecule has 1 aromatic heterocycles. The van der Waals surface area contributed by atoms with Crippen molar-refractivity contribution in [1.29, 1.82) is 0 Å². The largest absolute Gasteiger partial charge is 0.493 e. The van der Waals surface area contributed by atoms with E-state index in [0.29, 0.717) is 10.6 Å². The van der Waals surface area contributed by atoms with E-state index in [1.54, 1.807) is 41.4 Å². The van der Waals surface area contributed by atoms with Gasteiger partial charge in [-0.15, -0.1) is 0 Å². The second-order valence-electron chi connectivity index (χ2n) is 5.94. The third kappa shape index (κ3) is 5.24. The van der Waals surface area contributed by atoms with E-state index >= 15 is 0 Å². The SMILES string of the molecule is COc1cc(C(=O)/C=C/c2cnn(-c3ccc(Cl)cc3)c2)ccc1OCC(=O)O. The molecule has 3 rings (SSSR count). The monoisotopic (exact) mass is 412 g/mol. The number of methoxy groups -OCH3 is 1. The van der Waals surface area contributed by atoms with Gasteiger partial charge in [-0.3, -0.25) is 4.79 Å². The minimum atomic E-state index is -1.10. The Labute approximate surface area is 171 Å². The zero-order valence-corrected chi connectivity index (χ0v) is 16.2. The first-order valence-corrected chi connectivity index (χ1v) is 8.89. The van der Waals surface area contributed by atoms with Crippen molar-refractivity contribution >= 4 is 29.4 Å². The molecular formula is C21H17ClN2O5. The lowest BCUT2D eigenvalue weighted by atomic mass is 10.1. The van der Waals surface area contributed by atoms with Crippen LogP contribution in [0.1, 0.15) is 15.9 Å². The van der Waals surface area contributed by atoms with Gasteiger partial charge in [0.05, 0.1) is 19.0 Å². The van der Waals surface area contributed by atoms with Crippen molar-refractivity contribution in [3.8, 4) is 17.2 Å². The molecule has 0 aliphatic rings. The van der Waals surface area contributed by atoms with Crippen LogP contribution in [0.5, 0.6) is 11.5 Å². The van der Waals surface area contributed by atoms with Gasteiger partial charge in [-0.1, -0.05) is 11.6 Å². The molecule has 2 aromatic carbocycles. The van der Waals surface area contributed by atoms with Crippen molar-refractivity contribution in [2.75, 3.05) is 13.7 Å². The summed E-state index contributed by atoms with van der Waals surface area (Å²) < 4.78 is 12.0. The molecule has 0 unspecified atom stereocenters. The van der Waals surface area contributed by atoms with Crippen molar-refractivity contribution in [2.45, 2.75) is 0 Å². The number of hydrogen-bond donors (Lipinski definition) is 1. The average molecular weight is 413 g/mol. The van der Waals surface area contributed by atoms with Gasteiger partial charge in [-0.2, -0.15) is 5.10 Å². The van der Waals surface area contributed by atoms with Crippen molar-refractivity contribution in [3.63, 3.8) is 0 Å². The smallest absolute Gasteiger partial charge is 0.341 e. The fourth-order valence-corrected chi connectivity index (χ4v) is 2.63. The number of benzene rings is 2. The Kier molecular flexibility index (Phi) is 6.31. The summed E-state index contributed by atoms with van der Waals surface area (Å²) in [4.78, 5) is 23.1. The summed E-state index contributed by atoms with van der Waals surface area (Å²) in [6, 6.07) is 11.8. The molecule has 0 radical (unpaired) electrons. The summed E-state index contributed by atoms with van der Waals surface area (Å²) in [5.41, 5.74) is 1.98. The van der Waals surface area contributed by atoms with E-state index in [2.05, 4.69) is 5.10 Å². The molecule has 7 nitrogen and oxygen atoms in total. The minimum Gasteiger partial charge on any atom is -0.493 e. The van der Waals surface area contributed by atoms with Crippen LogP contribution >= 0.6 is 11.6 Å². The normalized spacial score (nSPS) is 10.8. The Bertz CT molecular complexity index is 1060. The maximum absolute atomic E-state index is 12.5. The summed E-state index contributed by atoms with van der Waals surface area (Å²) in [5, 5.41) is 13.6. The molecule has 0 saturated heterocycles. The number of carboxylic acids is 1. The van der Waals surface area contributed by atoms with Crippen LogP contribution in [-0.2, 0) is 4.79 Å². The Morgan fingerprint density at radius 1 is 1.17 bits per heavy atom. The predicted octanol–water partition coefficient (Wildman–Crippen LogP) is 3.89. The topological polar surface area (TPSA) is 90.6 Å². The number of rotatable bonds is 8. The second-order valence-corrected chi connectivity index (χ2v) is 6.38. The molecule has 0 saturated carbocycles. The maximum Gasteiger partial charge on any atom is 0.341 e. The molecule has 0 fully saturated rings. The van der Waals surface area contributed by atoms with Gasteiger partial charge < -0.3 is 14.6 Å². The average Bonchev–Trinajstić information content (AvgIpc) is 3.19. The number of nitrogens with zero attached hydrogens (tertiary/aromatic N) is 2. The number of carboxylic acid groups (broad SMARTS) is 1. The molecule has 0 spiro atoms. The first kappa shape index (κ1) is 20.2. The predicted molar refractivity (Wildman–Crippen MR) is 108 cm³/mol. The van der Waals surface area contributed by atoms with E-state index in [-0.39, 0.29) is 17.3 Å². The molecular weight excluding hydrogens is 396 g/mol. The van der Waals surface area contributed by atoms with Crippen molar-refractivity contribution in [1.82, 2.24) is 9.78 Å². The van der Waals surface area contributed by atoms with Gasteiger partial charge in [0.25, 0.3) is 0 Å². The van der Waals surface area contributed by atoms with E-state index in [9.17, 15) is 9.59 Å². The highest BCUT2D eigenvalue weighted by Crippen LogP contribution is 2.28. The summed E-state index contributed by atoms with van der Waals surface area (Å²) >= 11 is 5.89. The van der Waals surface area contributed by atoms with E-state index in [1.807, 2.05) is 12.1 Å². The van der Waals surface area contributed by atoms with Gasteiger partial charge in [0.2, 0.25) is 0 Å². The van der Waals surface area contributed by atoms with E-state index in [1.165, 1.54) is 25.3 Å². The molecule has 1 N–H and O–H groups in total. The van der Waals surface area contributed by atoms with Crippen LogP contribution in [-0.4, -0.2) is 40.4 Å². The van der Waals surface area contributed by atoms with Crippen molar-refractivity contribution in [2.24, 2.45) is 0 Å². The number of ketones is 1. The number of aromatic nitrogens is 2. The molecule has 8 heteroatoms. The second kappa shape index (κ2) is 9.07. The fourth-order valence-electron chi connectivity index (χ4n) is 2.51. The van der Waals surface area contributed by atoms with Gasteiger partial charge >= 0.3 is 5.97 Å². The standard InChI is InChI=1S/C21H17ClN2O5/c1-28-20-10-15(3-9-19(20)29-13-21(26)27)18(25)8-2-14-11-23-24(12-14)17-6-4-16(22)5-7-17/h2-12H,13H2,1H3,(H,26,27)/b8-2+. The van der Waals surface area contributed by atoms with Gasteiger partial charge in [0.1, 0.15) is 0 Å². The van der Waals surface area contributed by atoms with Gasteiger partial charge in [-0.25, -0.2) is 9.48 Å². The summed E-state index contributed by atoms with van der Waals surface area (Å²) in [6.07, 6.45) is 6.51. The first-order chi connectivity index (χ1) is 14.0. The van der Waals surface area contributed by atoms with E-state index in [0.717, 1.165) is 11.3 Å². The number of carbonyl (C=O) groups is 2. The Hall–Kier alpha value is -3.58. The number of allylic oxidation sites excluding steroid dienone is 1. The van der Waals surface area contributed by atoms with Gasteiger partial charge in [0, 0.05) is 22.3 Å². The first-order valence-electron chi connectivity index (χ1n) is 8.52. The third-order valence-corrected chi connectivity index (χ3v) is 4.17. The van der Waals surface area contributed by atoms with Gasteiger partial charge in [-0.05, 0) is 54.6 Å². The molecule has 148 valence electrons. The number of aliphatic carboxylic acids is 1. The van der Waals surface area contributed by atoms with E-state index in [4.69, 9.17) is 26.2 Å². The minimum absolute atomic E-state index is 0.243. The molecule has 0 atom stereocenters. The fraction of sp³-hybridized carbons (Fsp3) is 0.0952. The lowest BCUT2D eigenvalue weighted by Gasteiger charge is -2.09. The van der Waals surface area contributed by atoms with Crippen LogP contribution in [0.25, 0.3) is 11.8 Å². The van der Waals surface area contributed by atoms with Crippen molar-refractivity contribution < 1.29 is 24.2 Å². The molecule has 0 amide bonds. The van der Waals surface area contributed by atoms with Crippen molar-refractivity contribution in [3.05, 3.63) is 77.1 Å². The number of carbonyl (C=O) groups excluding carboxylic acids is 1. The highest BCUT2D eigenvalue weighted by atomic mass is 35.5. The Balaban J connectivity index is 1.72. The third-order valence-electron chi connectivity index (χ3n) is 3.92. The zero-order chi connectivity index (χ0) is 20.8. The molecule has 0 aliphatic carbocycles. The molecule has 0 aliphatic heterocycles. The molecule has 3 aromatic rings. The Morgan fingerprint density at radius 3 is 2.62 bits per heavy atom. The highest BCUT2D eigenvalue weighted by Gasteiger charge is 2.11. The number of halogens is 1. The summed E-state index contributed by atoms with van der Waals surface area (Å²) in [5.74, 6) is -0.817. The summed E-state index contributed by atoms with van der Waals surface area (Å²) in [7, 11) is 1.41. The highest BCUT2D eigenvalue weighted by molar-refractivity contribution is 6.30. The lowest BCUT2D eigenvalue weighted by Crippen LogP contribution is -2.10. The van der Waals surface area contributed by atoms with E-state index < -0.39 is 12.6 Å². The number of hydrogen-bond acceptors (Lipinski definition) is 5. The summed E-state index contributed by atoms with van der Waals surface area (Å²) in [6.45, 7) is -0.499. The van der Waals surface area contributed by atoms with Crippen LogP contribution in [0, 0.1) is 0 Å². The Morgan fingerprint density at radius 2 is 1.93 bits per heavy atom. The van der Waals surface area contributed by atoms with Crippen LogP contribution in [0.2, 0.25) is 5.02 Å². The quantitative estimate of drug-likeness (QED) is 0.446. The van der Waals surface area contributed by atoms with Crippen LogP contribution in [0.3, 0.4) is 0 Å². The molecule has 29 heavy (non-hydrogen) atoms. The van der Waals surface area contributed by atoms with Gasteiger partial charge in [0.15, 0.2) is 23.9 Å². The lowest BCUT2D eigenvalue weighted by molar-refractivity contribution is -0.139. The van der Waals surface area contributed by atoms with Crippen LogP contribution in [0.15, 0.2) is 60.9 Å². The molecule has 0 bridgehead atoms. The zero-order valence-electron chi connectivity index (χ0n) is 15.4. The molecule has 1 heterocycles.